The molecule has 0 saturated carbocycles. The lowest BCUT2D eigenvalue weighted by Crippen LogP contribution is -2.41. The lowest BCUT2D eigenvalue weighted by molar-refractivity contribution is -0.120. The summed E-state index contributed by atoms with van der Waals surface area (Å²) in [7, 11) is 1.64. The fourth-order valence-electron chi connectivity index (χ4n) is 1.71. The van der Waals surface area contributed by atoms with Crippen molar-refractivity contribution in [3.63, 3.8) is 0 Å². The van der Waals surface area contributed by atoms with Crippen LogP contribution >= 0.6 is 0 Å². The number of nitrogens with one attached hydrogen (secondary N) is 4. The van der Waals surface area contributed by atoms with Crippen LogP contribution in [0.4, 0.5) is 10.5 Å². The number of urea groups is 1. The molecule has 0 unspecified atom stereocenters. The van der Waals surface area contributed by atoms with Crippen LogP contribution in [0.2, 0.25) is 0 Å². The molecule has 7 heteroatoms. The average molecular weight is 308 g/mol. The Balaban J connectivity index is 2.11. The summed E-state index contributed by atoms with van der Waals surface area (Å²) >= 11 is 0. The molecule has 122 valence electrons. The van der Waals surface area contributed by atoms with Gasteiger partial charge in [-0.25, -0.2) is 4.79 Å². The van der Waals surface area contributed by atoms with E-state index in [9.17, 15) is 9.59 Å². The highest BCUT2D eigenvalue weighted by molar-refractivity contribution is 5.92. The van der Waals surface area contributed by atoms with Gasteiger partial charge in [-0.05, 0) is 24.6 Å². The molecule has 0 bridgehead atoms. The smallest absolute Gasteiger partial charge is 0.319 e. The van der Waals surface area contributed by atoms with Crippen LogP contribution in [0.5, 0.6) is 0 Å². The topological polar surface area (TPSA) is 91.5 Å². The van der Waals surface area contributed by atoms with Crippen LogP contribution in [-0.2, 0) is 9.53 Å². The van der Waals surface area contributed by atoms with E-state index in [0.29, 0.717) is 25.4 Å². The standard InChI is InChI=1S/C15H24N4O3/c1-12-4-3-5-13(10-12)19-15(21)18-11-14(20)17-7-6-16-8-9-22-2/h3-5,10,16H,6-9,11H2,1-2H3,(H,17,20)(H2,18,19,21). The molecular formula is C15H24N4O3. The maximum Gasteiger partial charge on any atom is 0.319 e. The Bertz CT molecular complexity index is 480. The van der Waals surface area contributed by atoms with Gasteiger partial charge in [-0.3, -0.25) is 4.79 Å². The molecule has 22 heavy (non-hydrogen) atoms. The van der Waals surface area contributed by atoms with Gasteiger partial charge in [-0.1, -0.05) is 12.1 Å². The SMILES string of the molecule is COCCNCCNC(=O)CNC(=O)Nc1cccc(C)c1. The summed E-state index contributed by atoms with van der Waals surface area (Å²) in [4.78, 5) is 23.2. The third-order valence-electron chi connectivity index (χ3n) is 2.79. The zero-order chi connectivity index (χ0) is 16.2. The summed E-state index contributed by atoms with van der Waals surface area (Å²) in [5.74, 6) is -0.229. The van der Waals surface area contributed by atoms with E-state index in [-0.39, 0.29) is 12.5 Å². The largest absolute Gasteiger partial charge is 0.383 e. The van der Waals surface area contributed by atoms with Crippen LogP contribution in [0.1, 0.15) is 5.56 Å². The Morgan fingerprint density at radius 3 is 2.68 bits per heavy atom. The number of ether oxygens (including phenoxy) is 1. The van der Waals surface area contributed by atoms with E-state index in [2.05, 4.69) is 21.3 Å². The summed E-state index contributed by atoms with van der Waals surface area (Å²) < 4.78 is 4.89. The van der Waals surface area contributed by atoms with Crippen molar-refractivity contribution in [2.45, 2.75) is 6.92 Å². The zero-order valence-corrected chi connectivity index (χ0v) is 13.1. The second-order valence-corrected chi connectivity index (χ2v) is 4.77. The minimum atomic E-state index is -0.404. The third-order valence-corrected chi connectivity index (χ3v) is 2.79. The molecule has 7 nitrogen and oxygen atoms in total. The average Bonchev–Trinajstić information content (AvgIpc) is 2.49. The quantitative estimate of drug-likeness (QED) is 0.499. The zero-order valence-electron chi connectivity index (χ0n) is 13.1. The van der Waals surface area contributed by atoms with E-state index in [1.54, 1.807) is 13.2 Å². The van der Waals surface area contributed by atoms with Crippen LogP contribution in [0.15, 0.2) is 24.3 Å². The van der Waals surface area contributed by atoms with E-state index in [1.807, 2.05) is 25.1 Å². The fraction of sp³-hybridized carbons (Fsp3) is 0.467. The van der Waals surface area contributed by atoms with Crippen LogP contribution in [0.3, 0.4) is 0 Å². The molecule has 0 heterocycles. The highest BCUT2D eigenvalue weighted by Crippen LogP contribution is 2.08. The number of carbonyl (C=O) groups excluding carboxylic acids is 2. The Morgan fingerprint density at radius 1 is 1.14 bits per heavy atom. The van der Waals surface area contributed by atoms with Crippen molar-refractivity contribution in [3.05, 3.63) is 29.8 Å². The van der Waals surface area contributed by atoms with E-state index in [4.69, 9.17) is 4.74 Å². The predicted molar refractivity (Wildman–Crippen MR) is 86.0 cm³/mol. The van der Waals surface area contributed by atoms with E-state index < -0.39 is 6.03 Å². The first-order valence-electron chi connectivity index (χ1n) is 7.19. The summed E-state index contributed by atoms with van der Waals surface area (Å²) in [5, 5.41) is 11.0. The van der Waals surface area contributed by atoms with Crippen molar-refractivity contribution in [1.82, 2.24) is 16.0 Å². The summed E-state index contributed by atoms with van der Waals surface area (Å²) in [6.07, 6.45) is 0. The first kappa shape index (κ1) is 17.9. The van der Waals surface area contributed by atoms with Crippen LogP contribution in [-0.4, -0.2) is 51.8 Å². The van der Waals surface area contributed by atoms with Gasteiger partial charge in [-0.2, -0.15) is 0 Å². The van der Waals surface area contributed by atoms with Gasteiger partial charge < -0.3 is 26.0 Å². The number of benzene rings is 1. The molecule has 4 N–H and O–H groups in total. The maximum absolute atomic E-state index is 11.6. The molecule has 0 aliphatic rings. The predicted octanol–water partition coefficient (Wildman–Crippen LogP) is 0.469. The highest BCUT2D eigenvalue weighted by Gasteiger charge is 2.05. The summed E-state index contributed by atoms with van der Waals surface area (Å²) in [6, 6.07) is 7.04. The number of anilines is 1. The second kappa shape index (κ2) is 10.6. The van der Waals surface area contributed by atoms with Gasteiger partial charge in [-0.15, -0.1) is 0 Å². The van der Waals surface area contributed by atoms with Crippen molar-refractivity contribution in [1.29, 1.82) is 0 Å². The Hall–Kier alpha value is -2.12. The number of hydrogen-bond donors (Lipinski definition) is 4. The van der Waals surface area contributed by atoms with Gasteiger partial charge in [0.15, 0.2) is 0 Å². The number of carbonyl (C=O) groups is 2. The van der Waals surface area contributed by atoms with Gasteiger partial charge in [0.1, 0.15) is 0 Å². The third kappa shape index (κ3) is 8.23. The lowest BCUT2D eigenvalue weighted by atomic mass is 10.2. The molecule has 0 saturated heterocycles. The summed E-state index contributed by atoms with van der Waals surface area (Å²) in [5.41, 5.74) is 1.75. The van der Waals surface area contributed by atoms with E-state index >= 15 is 0 Å². The highest BCUT2D eigenvalue weighted by atomic mass is 16.5. The molecule has 0 atom stereocenters. The molecule has 0 spiro atoms. The molecule has 0 aliphatic carbocycles. The number of aryl methyl sites for hydroxylation is 1. The first-order chi connectivity index (χ1) is 10.6. The Morgan fingerprint density at radius 2 is 1.95 bits per heavy atom. The molecule has 0 radical (unpaired) electrons. The number of rotatable bonds is 9. The molecule has 1 rings (SSSR count). The van der Waals surface area contributed by atoms with Crippen molar-refractivity contribution in [2.24, 2.45) is 0 Å². The first-order valence-corrected chi connectivity index (χ1v) is 7.19. The van der Waals surface area contributed by atoms with Gasteiger partial charge in [0.05, 0.1) is 13.2 Å². The van der Waals surface area contributed by atoms with Gasteiger partial charge >= 0.3 is 6.03 Å². The van der Waals surface area contributed by atoms with Gasteiger partial charge in [0.2, 0.25) is 5.91 Å². The van der Waals surface area contributed by atoms with E-state index in [1.165, 1.54) is 0 Å². The van der Waals surface area contributed by atoms with Crippen molar-refractivity contribution in [2.75, 3.05) is 45.2 Å². The van der Waals surface area contributed by atoms with Crippen LogP contribution in [0, 0.1) is 6.92 Å². The number of methoxy groups -OCH3 is 1. The molecule has 1 aromatic rings. The minimum Gasteiger partial charge on any atom is -0.383 e. The van der Waals surface area contributed by atoms with Crippen LogP contribution < -0.4 is 21.3 Å². The van der Waals surface area contributed by atoms with Crippen molar-refractivity contribution < 1.29 is 14.3 Å². The van der Waals surface area contributed by atoms with Gasteiger partial charge in [0, 0.05) is 32.4 Å². The monoisotopic (exact) mass is 308 g/mol. The Labute approximate surface area is 130 Å². The fourth-order valence-corrected chi connectivity index (χ4v) is 1.71. The molecule has 0 aromatic heterocycles. The number of amides is 3. The summed E-state index contributed by atoms with van der Waals surface area (Å²) in [6.45, 7) is 4.42. The molecular weight excluding hydrogens is 284 g/mol. The molecule has 0 aliphatic heterocycles. The van der Waals surface area contributed by atoms with Crippen molar-refractivity contribution >= 4 is 17.6 Å². The minimum absolute atomic E-state index is 0.0598. The maximum atomic E-state index is 11.6. The number of hydrogen-bond acceptors (Lipinski definition) is 4. The molecule has 3 amide bonds. The Kier molecular flexibility index (Phi) is 8.63. The molecule has 1 aromatic carbocycles. The molecule has 0 fully saturated rings. The lowest BCUT2D eigenvalue weighted by Gasteiger charge is -2.09. The van der Waals surface area contributed by atoms with Crippen molar-refractivity contribution in [3.8, 4) is 0 Å². The van der Waals surface area contributed by atoms with E-state index in [0.717, 1.165) is 12.1 Å². The second-order valence-electron chi connectivity index (χ2n) is 4.77. The van der Waals surface area contributed by atoms with Crippen LogP contribution in [0.25, 0.3) is 0 Å². The van der Waals surface area contributed by atoms with Gasteiger partial charge in [0.25, 0.3) is 0 Å². The normalized spacial score (nSPS) is 10.1.